The minimum atomic E-state index is -0.568. The van der Waals surface area contributed by atoms with E-state index in [1.165, 1.54) is 25.3 Å². The van der Waals surface area contributed by atoms with Gasteiger partial charge in [-0.05, 0) is 50.6 Å². The number of carbonyl (C=O) groups excluding carboxylic acids is 2. The highest BCUT2D eigenvalue weighted by molar-refractivity contribution is 5.98. The molecular formula is C19H28ClFN2O3. The smallest absolute Gasteiger partial charge is 0.223 e. The molecule has 1 N–H and O–H groups in total. The van der Waals surface area contributed by atoms with Crippen molar-refractivity contribution in [2.45, 2.75) is 45.1 Å². The Hall–Kier alpha value is -1.66. The van der Waals surface area contributed by atoms with Crippen molar-refractivity contribution in [1.29, 1.82) is 0 Å². The number of piperidine rings is 1. The van der Waals surface area contributed by atoms with Gasteiger partial charge in [0.1, 0.15) is 0 Å². The molecule has 0 saturated carbocycles. The first kappa shape index (κ1) is 22.4. The van der Waals surface area contributed by atoms with E-state index >= 15 is 0 Å². The third-order valence-corrected chi connectivity index (χ3v) is 4.57. The van der Waals surface area contributed by atoms with Crippen molar-refractivity contribution in [3.05, 3.63) is 29.6 Å². The minimum absolute atomic E-state index is 0. The lowest BCUT2D eigenvalue weighted by Crippen LogP contribution is -2.46. The van der Waals surface area contributed by atoms with Crippen LogP contribution >= 0.6 is 12.4 Å². The summed E-state index contributed by atoms with van der Waals surface area (Å²) in [6, 6.07) is 4.39. The van der Waals surface area contributed by atoms with Gasteiger partial charge in [-0.15, -0.1) is 12.4 Å². The summed E-state index contributed by atoms with van der Waals surface area (Å²) < 4.78 is 18.6. The Morgan fingerprint density at radius 2 is 1.96 bits per heavy atom. The third kappa shape index (κ3) is 5.95. The molecule has 0 aliphatic carbocycles. The predicted molar refractivity (Wildman–Crippen MR) is 102 cm³/mol. The lowest BCUT2D eigenvalue weighted by Gasteiger charge is -2.34. The number of hydrogen-bond donors (Lipinski definition) is 1. The van der Waals surface area contributed by atoms with Crippen LogP contribution in [0.15, 0.2) is 18.2 Å². The summed E-state index contributed by atoms with van der Waals surface area (Å²) in [5, 5.41) is 3.30. The van der Waals surface area contributed by atoms with Gasteiger partial charge in [-0.25, -0.2) is 4.39 Å². The zero-order valence-electron chi connectivity index (χ0n) is 15.4. The Morgan fingerprint density at radius 3 is 2.54 bits per heavy atom. The van der Waals surface area contributed by atoms with Crippen LogP contribution in [-0.4, -0.2) is 49.4 Å². The number of ketones is 1. The monoisotopic (exact) mass is 386 g/mol. The van der Waals surface area contributed by atoms with Crippen LogP contribution in [0.2, 0.25) is 0 Å². The normalized spacial score (nSPS) is 14.4. The fourth-order valence-corrected chi connectivity index (χ4v) is 3.22. The van der Waals surface area contributed by atoms with Crippen LogP contribution < -0.4 is 10.1 Å². The lowest BCUT2D eigenvalue weighted by atomic mass is 10.0. The lowest BCUT2D eigenvalue weighted by molar-refractivity contribution is -0.134. The van der Waals surface area contributed by atoms with E-state index in [1.54, 1.807) is 0 Å². The zero-order valence-corrected chi connectivity index (χ0v) is 16.2. The predicted octanol–water partition coefficient (Wildman–Crippen LogP) is 3.21. The van der Waals surface area contributed by atoms with E-state index in [1.807, 2.05) is 11.8 Å². The number of nitrogens with one attached hydrogen (secondary N) is 1. The first-order valence-corrected chi connectivity index (χ1v) is 8.93. The maximum absolute atomic E-state index is 13.7. The molecule has 7 heteroatoms. The summed E-state index contributed by atoms with van der Waals surface area (Å²) >= 11 is 0. The van der Waals surface area contributed by atoms with Crippen LogP contribution in [0.5, 0.6) is 5.75 Å². The summed E-state index contributed by atoms with van der Waals surface area (Å²) in [6.07, 6.45) is 3.05. The SMILES string of the molecule is CCCN(C(=O)CCC(=O)c1ccc(OC)c(F)c1)C1CCNCC1.Cl. The van der Waals surface area contributed by atoms with E-state index in [0.717, 1.165) is 38.9 Å². The molecule has 0 radical (unpaired) electrons. The molecule has 1 amide bonds. The number of carbonyl (C=O) groups is 2. The number of halogens is 2. The molecule has 1 aromatic rings. The van der Waals surface area contributed by atoms with E-state index in [2.05, 4.69) is 5.32 Å². The van der Waals surface area contributed by atoms with Crippen LogP contribution in [0.4, 0.5) is 4.39 Å². The van der Waals surface area contributed by atoms with E-state index in [9.17, 15) is 14.0 Å². The molecule has 0 bridgehead atoms. The fourth-order valence-electron chi connectivity index (χ4n) is 3.22. The summed E-state index contributed by atoms with van der Waals surface area (Å²) in [4.78, 5) is 26.8. The molecule has 5 nitrogen and oxygen atoms in total. The Kier molecular flexibility index (Phi) is 9.59. The number of methoxy groups -OCH3 is 1. The van der Waals surface area contributed by atoms with Gasteiger partial charge in [-0.1, -0.05) is 6.92 Å². The molecule has 1 aliphatic heterocycles. The van der Waals surface area contributed by atoms with Gasteiger partial charge in [0, 0.05) is 31.0 Å². The summed E-state index contributed by atoms with van der Waals surface area (Å²) in [7, 11) is 1.38. The van der Waals surface area contributed by atoms with E-state index in [4.69, 9.17) is 4.74 Å². The molecule has 1 aromatic carbocycles. The Bertz CT molecular complexity index is 606. The first-order chi connectivity index (χ1) is 12.1. The molecule has 2 rings (SSSR count). The molecule has 1 aliphatic rings. The molecule has 0 spiro atoms. The number of Topliss-reactive ketones (excluding diaryl/α,β-unsaturated/α-hetero) is 1. The molecule has 0 aromatic heterocycles. The number of benzene rings is 1. The Morgan fingerprint density at radius 1 is 1.27 bits per heavy atom. The molecular weight excluding hydrogens is 359 g/mol. The first-order valence-electron chi connectivity index (χ1n) is 8.93. The van der Waals surface area contributed by atoms with Crippen molar-refractivity contribution in [2.24, 2.45) is 0 Å². The van der Waals surface area contributed by atoms with Crippen molar-refractivity contribution in [2.75, 3.05) is 26.7 Å². The molecule has 1 heterocycles. The van der Waals surface area contributed by atoms with Crippen molar-refractivity contribution in [3.8, 4) is 5.75 Å². The topological polar surface area (TPSA) is 58.6 Å². The second-order valence-electron chi connectivity index (χ2n) is 6.34. The van der Waals surface area contributed by atoms with Gasteiger partial charge in [0.05, 0.1) is 7.11 Å². The molecule has 1 fully saturated rings. The van der Waals surface area contributed by atoms with Crippen molar-refractivity contribution >= 4 is 24.1 Å². The molecule has 146 valence electrons. The highest BCUT2D eigenvalue weighted by atomic mass is 35.5. The minimum Gasteiger partial charge on any atom is -0.494 e. The second kappa shape index (κ2) is 11.1. The van der Waals surface area contributed by atoms with Gasteiger partial charge >= 0.3 is 0 Å². The van der Waals surface area contributed by atoms with Crippen LogP contribution in [0.25, 0.3) is 0 Å². The van der Waals surface area contributed by atoms with Gasteiger partial charge in [0.2, 0.25) is 5.91 Å². The molecule has 0 unspecified atom stereocenters. The van der Waals surface area contributed by atoms with Crippen molar-refractivity contribution < 1.29 is 18.7 Å². The quantitative estimate of drug-likeness (QED) is 0.697. The van der Waals surface area contributed by atoms with Crippen molar-refractivity contribution in [1.82, 2.24) is 10.2 Å². The Labute approximate surface area is 160 Å². The maximum Gasteiger partial charge on any atom is 0.223 e. The average Bonchev–Trinajstić information content (AvgIpc) is 2.64. The van der Waals surface area contributed by atoms with Crippen LogP contribution in [0.1, 0.15) is 49.4 Å². The van der Waals surface area contributed by atoms with Crippen LogP contribution in [-0.2, 0) is 4.79 Å². The van der Waals surface area contributed by atoms with Gasteiger partial charge < -0.3 is 15.0 Å². The van der Waals surface area contributed by atoms with Gasteiger partial charge in [0.25, 0.3) is 0 Å². The molecule has 1 saturated heterocycles. The number of hydrogen-bond acceptors (Lipinski definition) is 4. The van der Waals surface area contributed by atoms with Crippen molar-refractivity contribution in [3.63, 3.8) is 0 Å². The number of rotatable bonds is 8. The van der Waals surface area contributed by atoms with Gasteiger partial charge in [-0.3, -0.25) is 9.59 Å². The maximum atomic E-state index is 13.7. The average molecular weight is 387 g/mol. The third-order valence-electron chi connectivity index (χ3n) is 4.57. The zero-order chi connectivity index (χ0) is 18.2. The fraction of sp³-hybridized carbons (Fsp3) is 0.579. The summed E-state index contributed by atoms with van der Waals surface area (Å²) in [5.74, 6) is -0.678. The summed E-state index contributed by atoms with van der Waals surface area (Å²) in [6.45, 7) is 4.60. The number of amides is 1. The number of ether oxygens (including phenoxy) is 1. The molecule has 26 heavy (non-hydrogen) atoms. The standard InChI is InChI=1S/C19H27FN2O3.ClH/c1-3-12-22(15-8-10-21-11-9-15)19(24)7-5-17(23)14-4-6-18(25-2)16(20)13-14;/h4,6,13,15,21H,3,5,7-12H2,1-2H3;1H. The largest absolute Gasteiger partial charge is 0.494 e. The highest BCUT2D eigenvalue weighted by Gasteiger charge is 2.25. The summed E-state index contributed by atoms with van der Waals surface area (Å²) in [5.41, 5.74) is 0.273. The van der Waals surface area contributed by atoms with Crippen LogP contribution in [0.3, 0.4) is 0 Å². The van der Waals surface area contributed by atoms with Gasteiger partial charge in [-0.2, -0.15) is 0 Å². The number of nitrogens with zero attached hydrogens (tertiary/aromatic N) is 1. The van der Waals surface area contributed by atoms with E-state index < -0.39 is 5.82 Å². The Balaban J connectivity index is 0.00000338. The highest BCUT2D eigenvalue weighted by Crippen LogP contribution is 2.20. The van der Waals surface area contributed by atoms with Crippen LogP contribution in [0, 0.1) is 5.82 Å². The van der Waals surface area contributed by atoms with E-state index in [-0.39, 0.29) is 54.3 Å². The second-order valence-corrected chi connectivity index (χ2v) is 6.34. The van der Waals surface area contributed by atoms with E-state index in [0.29, 0.717) is 0 Å². The van der Waals surface area contributed by atoms with Gasteiger partial charge in [0.15, 0.2) is 17.3 Å². The molecule has 0 atom stereocenters.